The van der Waals surface area contributed by atoms with E-state index in [9.17, 15) is 9.59 Å². The Bertz CT molecular complexity index is 293. The Kier molecular flexibility index (Phi) is 6.31. The first kappa shape index (κ1) is 15.5. The Hall–Kier alpha value is -1.52. The second kappa shape index (κ2) is 6.93. The second-order valence-corrected chi connectivity index (χ2v) is 4.90. The third-order valence-corrected chi connectivity index (χ3v) is 2.22. The Balaban J connectivity index is 4.19. The van der Waals surface area contributed by atoms with Gasteiger partial charge < -0.3 is 15.7 Å². The number of carbonyl (C=O) groups excluding carboxylic acids is 1. The molecule has 0 radical (unpaired) electrons. The first-order chi connectivity index (χ1) is 7.79. The van der Waals surface area contributed by atoms with Crippen molar-refractivity contribution in [2.45, 2.75) is 40.2 Å². The molecule has 2 amide bonds. The smallest absolute Gasteiger partial charge is 0.326 e. The summed E-state index contributed by atoms with van der Waals surface area (Å²) in [6.07, 6.45) is 4.56. The van der Waals surface area contributed by atoms with Crippen LogP contribution in [0.4, 0.5) is 4.79 Å². The molecular weight excluding hydrogens is 220 g/mol. The third-order valence-electron chi connectivity index (χ3n) is 2.22. The van der Waals surface area contributed by atoms with Gasteiger partial charge in [0.2, 0.25) is 0 Å². The summed E-state index contributed by atoms with van der Waals surface area (Å²) in [7, 11) is 0. The topological polar surface area (TPSA) is 78.4 Å². The lowest BCUT2D eigenvalue weighted by molar-refractivity contribution is -0.141. The highest BCUT2D eigenvalue weighted by atomic mass is 16.4. The lowest BCUT2D eigenvalue weighted by atomic mass is 9.87. The molecule has 1 atom stereocenters. The molecule has 0 spiro atoms. The molecule has 0 heterocycles. The van der Waals surface area contributed by atoms with Crippen LogP contribution in [0.2, 0.25) is 0 Å². The van der Waals surface area contributed by atoms with Crippen LogP contribution in [-0.4, -0.2) is 29.7 Å². The molecule has 0 aliphatic carbocycles. The highest BCUT2D eigenvalue weighted by molar-refractivity contribution is 5.83. The average Bonchev–Trinajstić information content (AvgIpc) is 2.19. The van der Waals surface area contributed by atoms with E-state index in [0.29, 0.717) is 6.54 Å². The Morgan fingerprint density at radius 1 is 1.35 bits per heavy atom. The molecule has 0 aromatic heterocycles. The van der Waals surface area contributed by atoms with Crippen molar-refractivity contribution >= 4 is 12.0 Å². The quantitative estimate of drug-likeness (QED) is 0.507. The summed E-state index contributed by atoms with van der Waals surface area (Å²) in [6.45, 7) is 7.70. The van der Waals surface area contributed by atoms with Gasteiger partial charge in [-0.1, -0.05) is 32.9 Å². The van der Waals surface area contributed by atoms with Crippen LogP contribution in [0.3, 0.4) is 0 Å². The van der Waals surface area contributed by atoms with E-state index in [1.807, 2.05) is 19.1 Å². The summed E-state index contributed by atoms with van der Waals surface area (Å²) in [6, 6.07) is -1.35. The van der Waals surface area contributed by atoms with E-state index < -0.39 is 23.5 Å². The van der Waals surface area contributed by atoms with Crippen molar-refractivity contribution in [3.63, 3.8) is 0 Å². The molecule has 5 heteroatoms. The fourth-order valence-corrected chi connectivity index (χ4v) is 1.27. The van der Waals surface area contributed by atoms with Crippen LogP contribution < -0.4 is 10.6 Å². The number of hydrogen-bond acceptors (Lipinski definition) is 2. The molecule has 98 valence electrons. The van der Waals surface area contributed by atoms with Crippen LogP contribution in [0.5, 0.6) is 0 Å². The molecule has 0 aliphatic rings. The van der Waals surface area contributed by atoms with Crippen molar-refractivity contribution < 1.29 is 14.7 Å². The van der Waals surface area contributed by atoms with Gasteiger partial charge in [0, 0.05) is 6.54 Å². The normalized spacial score (nSPS) is 13.4. The largest absolute Gasteiger partial charge is 0.480 e. The number of hydrogen-bond donors (Lipinski definition) is 3. The highest BCUT2D eigenvalue weighted by Gasteiger charge is 2.32. The summed E-state index contributed by atoms with van der Waals surface area (Å²) in [5, 5.41) is 14.1. The van der Waals surface area contributed by atoms with Crippen molar-refractivity contribution in [2.24, 2.45) is 5.41 Å². The molecule has 5 nitrogen and oxygen atoms in total. The van der Waals surface area contributed by atoms with Crippen molar-refractivity contribution in [3.05, 3.63) is 12.2 Å². The first-order valence-corrected chi connectivity index (χ1v) is 5.67. The Morgan fingerprint density at radius 3 is 2.35 bits per heavy atom. The zero-order valence-electron chi connectivity index (χ0n) is 10.9. The summed E-state index contributed by atoms with van der Waals surface area (Å²) in [5.41, 5.74) is -0.521. The van der Waals surface area contributed by atoms with E-state index in [0.717, 1.165) is 6.42 Å². The lowest BCUT2D eigenvalue weighted by Gasteiger charge is -2.27. The molecule has 0 rings (SSSR count). The van der Waals surface area contributed by atoms with Crippen LogP contribution in [0.15, 0.2) is 12.2 Å². The van der Waals surface area contributed by atoms with Crippen molar-refractivity contribution in [1.29, 1.82) is 0 Å². The molecule has 0 fully saturated rings. The number of aliphatic carboxylic acids is 1. The van der Waals surface area contributed by atoms with Gasteiger partial charge in [0.25, 0.3) is 0 Å². The molecule has 0 saturated carbocycles. The minimum absolute atomic E-state index is 0.447. The van der Waals surface area contributed by atoms with E-state index >= 15 is 0 Å². The molecule has 0 unspecified atom stereocenters. The van der Waals surface area contributed by atoms with Gasteiger partial charge in [0.05, 0.1) is 0 Å². The van der Waals surface area contributed by atoms with Crippen LogP contribution in [0.1, 0.15) is 34.1 Å². The number of amides is 2. The average molecular weight is 242 g/mol. The number of urea groups is 1. The maximum absolute atomic E-state index is 11.5. The second-order valence-electron chi connectivity index (χ2n) is 4.90. The van der Waals surface area contributed by atoms with Crippen molar-refractivity contribution in [3.8, 4) is 0 Å². The van der Waals surface area contributed by atoms with Crippen LogP contribution in [0, 0.1) is 5.41 Å². The zero-order chi connectivity index (χ0) is 13.5. The molecule has 17 heavy (non-hydrogen) atoms. The van der Waals surface area contributed by atoms with Crippen molar-refractivity contribution in [2.75, 3.05) is 6.54 Å². The number of rotatable bonds is 5. The Labute approximate surface area is 102 Å². The minimum atomic E-state index is -1.03. The number of carbonyl (C=O) groups is 2. The molecule has 0 bridgehead atoms. The molecule has 0 saturated heterocycles. The van der Waals surface area contributed by atoms with E-state index in [2.05, 4.69) is 10.6 Å². The first-order valence-electron chi connectivity index (χ1n) is 5.67. The highest BCUT2D eigenvalue weighted by Crippen LogP contribution is 2.19. The standard InChI is InChI=1S/C12H22N2O3/c1-5-6-7-8-13-11(17)14-9(10(15)16)12(2,3)4/h5-6,9H,7-8H2,1-4H3,(H,15,16)(H2,13,14,17)/b6-5+/t9-/m1/s1. The van der Waals surface area contributed by atoms with Gasteiger partial charge in [-0.05, 0) is 18.8 Å². The molecule has 0 aromatic carbocycles. The summed E-state index contributed by atoms with van der Waals surface area (Å²) >= 11 is 0. The lowest BCUT2D eigenvalue weighted by Crippen LogP contribution is -2.52. The van der Waals surface area contributed by atoms with Gasteiger partial charge in [-0.3, -0.25) is 0 Å². The van der Waals surface area contributed by atoms with Crippen LogP contribution >= 0.6 is 0 Å². The molecule has 3 N–H and O–H groups in total. The van der Waals surface area contributed by atoms with Gasteiger partial charge in [-0.25, -0.2) is 9.59 Å². The predicted molar refractivity (Wildman–Crippen MR) is 66.8 cm³/mol. The predicted octanol–water partition coefficient (Wildman–Crippen LogP) is 1.75. The van der Waals surface area contributed by atoms with Gasteiger partial charge in [0.15, 0.2) is 0 Å². The van der Waals surface area contributed by atoms with E-state index in [-0.39, 0.29) is 0 Å². The van der Waals surface area contributed by atoms with Crippen molar-refractivity contribution in [1.82, 2.24) is 10.6 Å². The van der Waals surface area contributed by atoms with E-state index in [1.54, 1.807) is 20.8 Å². The van der Waals surface area contributed by atoms with E-state index in [1.165, 1.54) is 0 Å². The number of carboxylic acid groups (broad SMARTS) is 1. The molecule has 0 aliphatic heterocycles. The summed E-state index contributed by atoms with van der Waals surface area (Å²) in [4.78, 5) is 22.5. The van der Waals surface area contributed by atoms with Gasteiger partial charge in [0.1, 0.15) is 6.04 Å². The van der Waals surface area contributed by atoms with E-state index in [4.69, 9.17) is 5.11 Å². The monoisotopic (exact) mass is 242 g/mol. The van der Waals surface area contributed by atoms with Crippen LogP contribution in [-0.2, 0) is 4.79 Å². The van der Waals surface area contributed by atoms with Crippen LogP contribution in [0.25, 0.3) is 0 Å². The molecular formula is C12H22N2O3. The SMILES string of the molecule is C/C=C/CCNC(=O)N[C@H](C(=O)O)C(C)(C)C. The summed E-state index contributed by atoms with van der Waals surface area (Å²) in [5.74, 6) is -1.03. The van der Waals surface area contributed by atoms with Gasteiger partial charge in [-0.2, -0.15) is 0 Å². The molecule has 0 aromatic rings. The maximum atomic E-state index is 11.5. The maximum Gasteiger partial charge on any atom is 0.326 e. The third kappa shape index (κ3) is 6.60. The fourth-order valence-electron chi connectivity index (χ4n) is 1.27. The summed E-state index contributed by atoms with van der Waals surface area (Å²) < 4.78 is 0. The number of allylic oxidation sites excluding steroid dienone is 1. The number of carboxylic acids is 1. The number of nitrogens with one attached hydrogen (secondary N) is 2. The van der Waals surface area contributed by atoms with Gasteiger partial charge >= 0.3 is 12.0 Å². The van der Waals surface area contributed by atoms with Gasteiger partial charge in [-0.15, -0.1) is 0 Å². The fraction of sp³-hybridized carbons (Fsp3) is 0.667. The zero-order valence-corrected chi connectivity index (χ0v) is 10.9. The Morgan fingerprint density at radius 2 is 1.94 bits per heavy atom. The minimum Gasteiger partial charge on any atom is -0.480 e.